The van der Waals surface area contributed by atoms with Gasteiger partial charge in [-0.15, -0.1) is 0 Å². The molecule has 3 fully saturated rings. The number of nitrogens with zero attached hydrogens (tertiary/aromatic N) is 7. The van der Waals surface area contributed by atoms with Crippen LogP contribution in [0.15, 0.2) is 67.7 Å². The highest BCUT2D eigenvalue weighted by Gasteiger charge is 2.48. The van der Waals surface area contributed by atoms with Crippen molar-refractivity contribution in [2.75, 3.05) is 5.32 Å². The highest BCUT2D eigenvalue weighted by Crippen LogP contribution is 2.46. The van der Waals surface area contributed by atoms with E-state index in [0.717, 1.165) is 12.1 Å². The van der Waals surface area contributed by atoms with Gasteiger partial charge in [-0.3, -0.25) is 4.79 Å². The molecule has 1 N–H and O–H groups in total. The van der Waals surface area contributed by atoms with Gasteiger partial charge in [0.2, 0.25) is 0 Å². The number of aryl methyl sites for hydroxylation is 1. The smallest absolute Gasteiger partial charge is 0.282 e. The van der Waals surface area contributed by atoms with Crippen molar-refractivity contribution in [3.05, 3.63) is 84.7 Å². The molecule has 1 amide bonds. The Balaban J connectivity index is 1.13. The molecule has 1 saturated carbocycles. The average Bonchev–Trinajstić information content (AvgIpc) is 3.43. The molecule has 41 heavy (non-hydrogen) atoms. The van der Waals surface area contributed by atoms with Gasteiger partial charge in [-0.2, -0.15) is 5.10 Å². The van der Waals surface area contributed by atoms with Gasteiger partial charge in [0.1, 0.15) is 35.5 Å². The molecule has 0 radical (unpaired) electrons. The van der Waals surface area contributed by atoms with Crippen molar-refractivity contribution in [2.24, 2.45) is 0 Å². The Bertz CT molecular complexity index is 1850. The number of benzene rings is 1. The van der Waals surface area contributed by atoms with E-state index in [2.05, 4.69) is 31.9 Å². The number of hydrogen-bond acceptors (Lipinski definition) is 8. The van der Waals surface area contributed by atoms with Crippen LogP contribution in [-0.2, 0) is 4.79 Å². The monoisotopic (exact) mass is 554 g/mol. The molecule has 0 spiro atoms. The van der Waals surface area contributed by atoms with Gasteiger partial charge in [0.25, 0.3) is 5.91 Å². The van der Waals surface area contributed by atoms with Crippen LogP contribution in [0.2, 0.25) is 0 Å². The van der Waals surface area contributed by atoms with Gasteiger partial charge < -0.3 is 15.0 Å². The maximum atomic E-state index is 15.3. The lowest BCUT2D eigenvalue weighted by Crippen LogP contribution is -2.62. The summed E-state index contributed by atoms with van der Waals surface area (Å²) in [5.74, 6) is -0.734. The summed E-state index contributed by atoms with van der Waals surface area (Å²) in [4.78, 5) is 31.4. The Hall–Kier alpha value is -5.00. The molecular formula is C29H24F2N8O2. The van der Waals surface area contributed by atoms with Gasteiger partial charge in [-0.05, 0) is 56.0 Å². The minimum Gasteiger partial charge on any atom is -0.457 e. The molecule has 1 aromatic carbocycles. The number of halogens is 2. The fourth-order valence-electron chi connectivity index (χ4n) is 5.84. The van der Waals surface area contributed by atoms with Gasteiger partial charge >= 0.3 is 0 Å². The number of ether oxygens (including phenoxy) is 1. The molecule has 10 nitrogen and oxygen atoms in total. The van der Waals surface area contributed by atoms with E-state index >= 15 is 4.39 Å². The van der Waals surface area contributed by atoms with Crippen LogP contribution < -0.4 is 10.1 Å². The van der Waals surface area contributed by atoms with Gasteiger partial charge in [-0.1, -0.05) is 6.58 Å². The molecule has 6 heterocycles. The first-order valence-electron chi connectivity index (χ1n) is 13.2. The third kappa shape index (κ3) is 4.41. The molecule has 2 aliphatic heterocycles. The zero-order valence-corrected chi connectivity index (χ0v) is 22.0. The average molecular weight is 555 g/mol. The molecule has 12 heteroatoms. The van der Waals surface area contributed by atoms with Crippen LogP contribution in [0.3, 0.4) is 0 Å². The van der Waals surface area contributed by atoms with Crippen LogP contribution in [0.5, 0.6) is 11.5 Å². The second-order valence-electron chi connectivity index (χ2n) is 10.4. The summed E-state index contributed by atoms with van der Waals surface area (Å²) >= 11 is 0. The van der Waals surface area contributed by atoms with Crippen molar-refractivity contribution >= 4 is 34.1 Å². The summed E-state index contributed by atoms with van der Waals surface area (Å²) in [6.07, 6.45) is 6.78. The summed E-state index contributed by atoms with van der Waals surface area (Å²) in [6.45, 7) is 4.98. The molecule has 2 bridgehead atoms. The van der Waals surface area contributed by atoms with E-state index in [1.807, 2.05) is 19.1 Å². The van der Waals surface area contributed by atoms with Crippen LogP contribution in [0.4, 0.5) is 20.3 Å². The summed E-state index contributed by atoms with van der Waals surface area (Å²) in [7, 11) is 0. The Morgan fingerprint density at radius 3 is 2.71 bits per heavy atom. The van der Waals surface area contributed by atoms with E-state index in [4.69, 9.17) is 9.72 Å². The molecule has 2 saturated heterocycles. The molecular weight excluding hydrogens is 530 g/mol. The van der Waals surface area contributed by atoms with E-state index in [0.29, 0.717) is 52.4 Å². The predicted molar refractivity (Wildman–Crippen MR) is 146 cm³/mol. The molecule has 3 atom stereocenters. The number of hydrogen-bond donors (Lipinski definition) is 1. The largest absolute Gasteiger partial charge is 0.457 e. The lowest BCUT2D eigenvalue weighted by atomic mass is 9.72. The minimum atomic E-state index is -0.926. The zero-order chi connectivity index (χ0) is 28.2. The fourth-order valence-corrected chi connectivity index (χ4v) is 5.84. The second kappa shape index (κ2) is 9.58. The Morgan fingerprint density at radius 2 is 1.90 bits per heavy atom. The second-order valence-corrected chi connectivity index (χ2v) is 10.4. The van der Waals surface area contributed by atoms with Crippen molar-refractivity contribution in [2.45, 2.75) is 44.2 Å². The first-order chi connectivity index (χ1) is 19.8. The molecule has 1 aliphatic carbocycles. The lowest BCUT2D eigenvalue weighted by molar-refractivity contribution is -0.147. The van der Waals surface area contributed by atoms with Crippen LogP contribution in [0.1, 0.15) is 36.4 Å². The molecule has 1 unspecified atom stereocenters. The fraction of sp³-hybridized carbons (Fsp3) is 0.241. The summed E-state index contributed by atoms with van der Waals surface area (Å²) in [5, 5.41) is 7.14. The summed E-state index contributed by atoms with van der Waals surface area (Å²) < 4.78 is 36.3. The Morgan fingerprint density at radius 1 is 1.07 bits per heavy atom. The van der Waals surface area contributed by atoms with E-state index in [9.17, 15) is 9.18 Å². The van der Waals surface area contributed by atoms with Gasteiger partial charge in [0.05, 0.1) is 11.2 Å². The topological polar surface area (TPSA) is 110 Å². The normalized spacial score (nSPS) is 19.7. The number of piperidine rings is 1. The SMILES string of the molecule is C=C(F)C(=O)N1C2C[C@H](c3ccc4ncnc(Nc5cc(C)c(Oc6ccn7ncnc7c6)cc5F)c4n3)C[C@@H]1C2. The zero-order valence-electron chi connectivity index (χ0n) is 22.0. The minimum absolute atomic E-state index is 0.0306. The third-order valence-electron chi connectivity index (χ3n) is 7.83. The maximum Gasteiger partial charge on any atom is 0.282 e. The Labute approximate surface area is 232 Å². The lowest BCUT2D eigenvalue weighted by Gasteiger charge is -2.55. The van der Waals surface area contributed by atoms with E-state index < -0.39 is 17.6 Å². The van der Waals surface area contributed by atoms with E-state index in [1.54, 1.807) is 33.8 Å². The molecule has 8 rings (SSSR count). The number of amides is 1. The highest BCUT2D eigenvalue weighted by molar-refractivity contribution is 5.92. The summed E-state index contributed by atoms with van der Waals surface area (Å²) in [6, 6.07) is 10.1. The molecule has 5 aromatic rings. The van der Waals surface area contributed by atoms with Crippen molar-refractivity contribution in [1.29, 1.82) is 0 Å². The highest BCUT2D eigenvalue weighted by atomic mass is 19.1. The Kier molecular flexibility index (Phi) is 5.84. The number of pyridine rings is 2. The van der Waals surface area contributed by atoms with Gasteiger partial charge in [0, 0.05) is 42.0 Å². The van der Waals surface area contributed by atoms with Crippen molar-refractivity contribution in [1.82, 2.24) is 34.4 Å². The maximum absolute atomic E-state index is 15.3. The molecule has 206 valence electrons. The van der Waals surface area contributed by atoms with Crippen molar-refractivity contribution in [3.8, 4) is 11.5 Å². The predicted octanol–water partition coefficient (Wildman–Crippen LogP) is 5.38. The number of carbonyl (C=O) groups excluding carboxylic acids is 1. The van der Waals surface area contributed by atoms with E-state index in [-0.39, 0.29) is 23.7 Å². The van der Waals surface area contributed by atoms with Crippen LogP contribution in [0.25, 0.3) is 16.7 Å². The van der Waals surface area contributed by atoms with Crippen molar-refractivity contribution < 1.29 is 18.3 Å². The van der Waals surface area contributed by atoms with Gasteiger partial charge in [-0.25, -0.2) is 33.2 Å². The molecule has 3 aliphatic rings. The summed E-state index contributed by atoms with van der Waals surface area (Å²) in [5.41, 5.74) is 3.49. The number of carbonyl (C=O) groups is 1. The van der Waals surface area contributed by atoms with Crippen LogP contribution in [-0.4, -0.2) is 52.4 Å². The first kappa shape index (κ1) is 25.0. The third-order valence-corrected chi connectivity index (χ3v) is 7.83. The van der Waals surface area contributed by atoms with Crippen LogP contribution >= 0.6 is 0 Å². The number of fused-ring (bicyclic) bond motifs is 4. The number of anilines is 2. The van der Waals surface area contributed by atoms with Crippen molar-refractivity contribution in [3.63, 3.8) is 0 Å². The van der Waals surface area contributed by atoms with Crippen LogP contribution in [0, 0.1) is 12.7 Å². The standard InChI is InChI=1S/C29H24F2N8O2/c1-15-7-24(21(31)12-25(15)41-20-5-6-38-26(11-20)33-14-35-38)37-28-27-23(32-13-34-28)4-3-22(36-27)17-8-18-10-19(9-17)39(18)29(40)16(2)30/h3-7,11-14,17-19H,2,8-10H2,1H3,(H,32,34,37)/t17-,18-,19?/m1/s1. The van der Waals surface area contributed by atoms with Gasteiger partial charge in [0.15, 0.2) is 17.3 Å². The molecule has 4 aromatic heterocycles. The van der Waals surface area contributed by atoms with E-state index in [1.165, 1.54) is 18.7 Å². The first-order valence-corrected chi connectivity index (χ1v) is 13.2. The number of aromatic nitrogens is 6. The number of rotatable bonds is 6. The number of nitrogens with one attached hydrogen (secondary N) is 1. The quantitative estimate of drug-likeness (QED) is 0.279.